The SMILES string of the molecule is CCOC(=O)Cc1csc(NC(=O)CSc2nnc(-c3cccc(Cl)c3)n2C)n1. The topological polar surface area (TPSA) is 99.0 Å². The monoisotopic (exact) mass is 451 g/mol. The molecular weight excluding hydrogens is 434 g/mol. The molecule has 0 radical (unpaired) electrons. The van der Waals surface area contributed by atoms with E-state index in [9.17, 15) is 9.59 Å². The highest BCUT2D eigenvalue weighted by Gasteiger charge is 2.15. The summed E-state index contributed by atoms with van der Waals surface area (Å²) in [6.07, 6.45) is 0.0835. The summed E-state index contributed by atoms with van der Waals surface area (Å²) in [5, 5.41) is 14.4. The first-order valence-corrected chi connectivity index (χ1v) is 10.9. The van der Waals surface area contributed by atoms with E-state index in [0.29, 0.717) is 33.4 Å². The Hall–Kier alpha value is -2.43. The second-order valence-corrected chi connectivity index (χ2v) is 8.08. The normalized spacial score (nSPS) is 10.7. The number of nitrogens with one attached hydrogen (secondary N) is 1. The Bertz CT molecular complexity index is 1020. The van der Waals surface area contributed by atoms with Crippen LogP contribution in [0.5, 0.6) is 0 Å². The highest BCUT2D eigenvalue weighted by Crippen LogP contribution is 2.25. The van der Waals surface area contributed by atoms with Crippen molar-refractivity contribution in [3.8, 4) is 11.4 Å². The van der Waals surface area contributed by atoms with Crippen molar-refractivity contribution in [2.45, 2.75) is 18.5 Å². The van der Waals surface area contributed by atoms with Gasteiger partial charge in [-0.25, -0.2) is 4.98 Å². The first-order valence-electron chi connectivity index (χ1n) is 8.64. The number of esters is 1. The summed E-state index contributed by atoms with van der Waals surface area (Å²) in [6.45, 7) is 2.07. The molecule has 2 heterocycles. The van der Waals surface area contributed by atoms with E-state index in [0.717, 1.165) is 5.56 Å². The zero-order chi connectivity index (χ0) is 20.8. The van der Waals surface area contributed by atoms with Gasteiger partial charge in [-0.05, 0) is 19.1 Å². The first kappa shape index (κ1) is 21.3. The minimum absolute atomic E-state index is 0.0835. The number of thiazole rings is 1. The highest BCUT2D eigenvalue weighted by molar-refractivity contribution is 7.99. The largest absolute Gasteiger partial charge is 0.466 e. The van der Waals surface area contributed by atoms with Gasteiger partial charge in [-0.3, -0.25) is 9.59 Å². The van der Waals surface area contributed by atoms with Crippen LogP contribution in [-0.2, 0) is 27.8 Å². The zero-order valence-corrected chi connectivity index (χ0v) is 18.1. The van der Waals surface area contributed by atoms with E-state index in [1.54, 1.807) is 18.4 Å². The Morgan fingerprint density at radius 1 is 1.34 bits per heavy atom. The van der Waals surface area contributed by atoms with Crippen LogP contribution in [0, 0.1) is 0 Å². The van der Waals surface area contributed by atoms with Gasteiger partial charge in [0.05, 0.1) is 24.5 Å². The number of halogens is 1. The third kappa shape index (κ3) is 5.78. The lowest BCUT2D eigenvalue weighted by molar-refractivity contribution is -0.142. The average molecular weight is 452 g/mol. The first-order chi connectivity index (χ1) is 14.0. The number of aromatic nitrogens is 4. The van der Waals surface area contributed by atoms with Gasteiger partial charge in [0.2, 0.25) is 5.91 Å². The fraction of sp³-hybridized carbons (Fsp3) is 0.278. The third-order valence-corrected chi connectivity index (χ3v) is 5.74. The number of amides is 1. The number of ether oxygens (including phenoxy) is 1. The van der Waals surface area contributed by atoms with Crippen molar-refractivity contribution in [3.63, 3.8) is 0 Å². The van der Waals surface area contributed by atoms with Crippen molar-refractivity contribution < 1.29 is 14.3 Å². The lowest BCUT2D eigenvalue weighted by atomic mass is 10.2. The van der Waals surface area contributed by atoms with Gasteiger partial charge in [0.1, 0.15) is 0 Å². The van der Waals surface area contributed by atoms with E-state index in [2.05, 4.69) is 20.5 Å². The molecule has 8 nitrogen and oxygen atoms in total. The van der Waals surface area contributed by atoms with Crippen LogP contribution in [0.15, 0.2) is 34.8 Å². The Balaban J connectivity index is 1.55. The molecule has 2 aromatic heterocycles. The van der Waals surface area contributed by atoms with Gasteiger partial charge < -0.3 is 14.6 Å². The maximum absolute atomic E-state index is 12.2. The van der Waals surface area contributed by atoms with Crippen LogP contribution in [0.3, 0.4) is 0 Å². The number of hydrogen-bond acceptors (Lipinski definition) is 8. The predicted octanol–water partition coefficient (Wildman–Crippen LogP) is 3.43. The molecule has 0 bridgehead atoms. The number of nitrogens with zero attached hydrogens (tertiary/aromatic N) is 4. The molecule has 0 aliphatic heterocycles. The number of thioether (sulfide) groups is 1. The van der Waals surface area contributed by atoms with Crippen LogP contribution in [0.2, 0.25) is 5.02 Å². The standard InChI is InChI=1S/C18H18ClN5O3S2/c1-3-27-15(26)8-13-9-28-17(20-13)21-14(25)10-29-18-23-22-16(24(18)2)11-5-4-6-12(19)7-11/h4-7,9H,3,8,10H2,1-2H3,(H,20,21,25). The quantitative estimate of drug-likeness (QED) is 0.413. The van der Waals surface area contributed by atoms with Crippen LogP contribution in [-0.4, -0.2) is 44.0 Å². The molecule has 1 amide bonds. The number of hydrogen-bond donors (Lipinski definition) is 1. The summed E-state index contributed by atoms with van der Waals surface area (Å²) in [6, 6.07) is 7.34. The van der Waals surface area contributed by atoms with Gasteiger partial charge >= 0.3 is 5.97 Å². The molecule has 0 fully saturated rings. The maximum atomic E-state index is 12.2. The smallest absolute Gasteiger partial charge is 0.311 e. The molecule has 152 valence electrons. The van der Waals surface area contributed by atoms with E-state index in [1.807, 2.05) is 29.8 Å². The molecular formula is C18H18ClN5O3S2. The fourth-order valence-corrected chi connectivity index (χ4v) is 4.04. The molecule has 0 saturated heterocycles. The lowest BCUT2D eigenvalue weighted by Crippen LogP contribution is -2.14. The van der Waals surface area contributed by atoms with Gasteiger partial charge in [0.15, 0.2) is 16.1 Å². The van der Waals surface area contributed by atoms with E-state index in [1.165, 1.54) is 23.1 Å². The van der Waals surface area contributed by atoms with Gasteiger partial charge in [-0.2, -0.15) is 0 Å². The van der Waals surface area contributed by atoms with Gasteiger partial charge in [0, 0.05) is 23.0 Å². The van der Waals surface area contributed by atoms with Crippen LogP contribution in [0.25, 0.3) is 11.4 Å². The van der Waals surface area contributed by atoms with E-state index >= 15 is 0 Å². The molecule has 1 aromatic carbocycles. The van der Waals surface area contributed by atoms with Crippen molar-refractivity contribution in [1.82, 2.24) is 19.7 Å². The fourth-order valence-electron chi connectivity index (χ4n) is 2.41. The molecule has 0 saturated carbocycles. The number of carbonyl (C=O) groups excluding carboxylic acids is 2. The van der Waals surface area contributed by atoms with Crippen molar-refractivity contribution in [1.29, 1.82) is 0 Å². The maximum Gasteiger partial charge on any atom is 0.311 e. The summed E-state index contributed by atoms with van der Waals surface area (Å²) in [5.41, 5.74) is 1.41. The summed E-state index contributed by atoms with van der Waals surface area (Å²) in [5.74, 6) is 0.246. The average Bonchev–Trinajstić information content (AvgIpc) is 3.26. The second-order valence-electron chi connectivity index (χ2n) is 5.84. The van der Waals surface area contributed by atoms with Crippen LogP contribution < -0.4 is 5.32 Å². The Morgan fingerprint density at radius 2 is 2.17 bits per heavy atom. The van der Waals surface area contributed by atoms with Gasteiger partial charge in [-0.1, -0.05) is 35.5 Å². The van der Waals surface area contributed by atoms with Crippen LogP contribution in [0.1, 0.15) is 12.6 Å². The summed E-state index contributed by atoms with van der Waals surface area (Å²) in [7, 11) is 1.83. The molecule has 29 heavy (non-hydrogen) atoms. The third-order valence-electron chi connectivity index (χ3n) is 3.68. The second kappa shape index (κ2) is 9.86. The number of carbonyl (C=O) groups is 2. The molecule has 11 heteroatoms. The van der Waals surface area contributed by atoms with E-state index in [4.69, 9.17) is 16.3 Å². The van der Waals surface area contributed by atoms with Crippen molar-refractivity contribution in [2.75, 3.05) is 17.7 Å². The van der Waals surface area contributed by atoms with E-state index < -0.39 is 0 Å². The molecule has 0 spiro atoms. The Labute approximate surface area is 180 Å². The minimum atomic E-state index is -0.343. The zero-order valence-electron chi connectivity index (χ0n) is 15.7. The Kier molecular flexibility index (Phi) is 7.24. The summed E-state index contributed by atoms with van der Waals surface area (Å²) in [4.78, 5) is 27.9. The number of anilines is 1. The summed E-state index contributed by atoms with van der Waals surface area (Å²) < 4.78 is 6.70. The molecule has 3 rings (SSSR count). The lowest BCUT2D eigenvalue weighted by Gasteiger charge is -2.04. The van der Waals surface area contributed by atoms with Crippen molar-refractivity contribution in [2.24, 2.45) is 7.05 Å². The van der Waals surface area contributed by atoms with Crippen LogP contribution in [0.4, 0.5) is 5.13 Å². The highest BCUT2D eigenvalue weighted by atomic mass is 35.5. The predicted molar refractivity (Wildman–Crippen MR) is 113 cm³/mol. The molecule has 3 aromatic rings. The molecule has 0 atom stereocenters. The molecule has 1 N–H and O–H groups in total. The summed E-state index contributed by atoms with van der Waals surface area (Å²) >= 11 is 8.56. The number of rotatable bonds is 8. The molecule has 0 unspecified atom stereocenters. The minimum Gasteiger partial charge on any atom is -0.466 e. The molecule has 0 aliphatic rings. The van der Waals surface area contributed by atoms with Crippen LogP contribution >= 0.6 is 34.7 Å². The van der Waals surface area contributed by atoms with Crippen molar-refractivity contribution >= 4 is 51.7 Å². The molecule has 0 aliphatic carbocycles. The van der Waals surface area contributed by atoms with Gasteiger partial charge in [-0.15, -0.1) is 21.5 Å². The van der Waals surface area contributed by atoms with E-state index in [-0.39, 0.29) is 24.1 Å². The van der Waals surface area contributed by atoms with Crippen molar-refractivity contribution in [3.05, 3.63) is 40.4 Å². The van der Waals surface area contributed by atoms with Gasteiger partial charge in [0.25, 0.3) is 0 Å². The number of benzene rings is 1. The Morgan fingerprint density at radius 3 is 2.93 bits per heavy atom.